The highest BCUT2D eigenvalue weighted by Gasteiger charge is 2.31. The molecule has 1 atom stereocenters. The van der Waals surface area contributed by atoms with Crippen LogP contribution in [-0.2, 0) is 0 Å². The lowest BCUT2D eigenvalue weighted by molar-refractivity contribution is 0.0731. The predicted octanol–water partition coefficient (Wildman–Crippen LogP) is 1.97. The molecule has 0 saturated carbocycles. The number of nitrogens with zero attached hydrogens (tertiary/aromatic N) is 4. The largest absolute Gasteiger partial charge is 0.485 e. The molecule has 2 saturated heterocycles. The topological polar surface area (TPSA) is 80.9 Å². The first kappa shape index (κ1) is 16.7. The van der Waals surface area contributed by atoms with Gasteiger partial charge in [0.2, 0.25) is 5.76 Å². The Morgan fingerprint density at radius 2 is 2.15 bits per heavy atom. The third-order valence-corrected chi connectivity index (χ3v) is 4.79. The SMILES string of the molecule is COc1cc(C(=O)N2CC[C@H](Oc3cccnc3N3CCCC3)C2)on1. The van der Waals surface area contributed by atoms with E-state index < -0.39 is 0 Å². The van der Waals surface area contributed by atoms with Gasteiger partial charge in [0, 0.05) is 32.3 Å². The Balaban J connectivity index is 1.41. The molecular formula is C18H22N4O4. The number of anilines is 1. The first-order valence-electron chi connectivity index (χ1n) is 8.91. The number of amides is 1. The van der Waals surface area contributed by atoms with Crippen molar-refractivity contribution in [3.05, 3.63) is 30.2 Å². The minimum absolute atomic E-state index is 0.0608. The molecule has 2 aliphatic heterocycles. The van der Waals surface area contributed by atoms with Crippen LogP contribution in [0.4, 0.5) is 5.82 Å². The average Bonchev–Trinajstić information content (AvgIpc) is 3.42. The van der Waals surface area contributed by atoms with Crippen LogP contribution in [0.3, 0.4) is 0 Å². The lowest BCUT2D eigenvalue weighted by Gasteiger charge is -2.22. The van der Waals surface area contributed by atoms with Crippen molar-refractivity contribution >= 4 is 11.7 Å². The van der Waals surface area contributed by atoms with Crippen molar-refractivity contribution in [2.24, 2.45) is 0 Å². The third-order valence-electron chi connectivity index (χ3n) is 4.79. The van der Waals surface area contributed by atoms with Gasteiger partial charge in [-0.1, -0.05) is 0 Å². The van der Waals surface area contributed by atoms with E-state index in [1.54, 1.807) is 11.1 Å². The van der Waals surface area contributed by atoms with E-state index in [1.807, 2.05) is 12.1 Å². The minimum atomic E-state index is -0.196. The number of carbonyl (C=O) groups excluding carboxylic acids is 1. The van der Waals surface area contributed by atoms with E-state index in [0.717, 1.165) is 31.1 Å². The maximum absolute atomic E-state index is 12.5. The molecule has 2 aromatic rings. The van der Waals surface area contributed by atoms with Gasteiger partial charge in [-0.15, -0.1) is 0 Å². The summed E-state index contributed by atoms with van der Waals surface area (Å²) < 4.78 is 16.2. The van der Waals surface area contributed by atoms with E-state index in [9.17, 15) is 4.79 Å². The Morgan fingerprint density at radius 1 is 1.31 bits per heavy atom. The van der Waals surface area contributed by atoms with E-state index in [1.165, 1.54) is 26.0 Å². The fraction of sp³-hybridized carbons (Fsp3) is 0.500. The van der Waals surface area contributed by atoms with Crippen LogP contribution in [0.2, 0.25) is 0 Å². The molecule has 1 amide bonds. The number of aromatic nitrogens is 2. The van der Waals surface area contributed by atoms with Crippen LogP contribution in [-0.4, -0.2) is 60.3 Å². The average molecular weight is 358 g/mol. The van der Waals surface area contributed by atoms with Gasteiger partial charge < -0.3 is 23.8 Å². The number of carbonyl (C=O) groups is 1. The van der Waals surface area contributed by atoms with E-state index in [0.29, 0.717) is 19.0 Å². The van der Waals surface area contributed by atoms with Crippen molar-refractivity contribution in [1.29, 1.82) is 0 Å². The number of pyridine rings is 1. The first-order chi connectivity index (χ1) is 12.7. The molecule has 0 N–H and O–H groups in total. The highest BCUT2D eigenvalue weighted by molar-refractivity contribution is 5.91. The zero-order chi connectivity index (χ0) is 17.9. The molecule has 8 nitrogen and oxygen atoms in total. The summed E-state index contributed by atoms with van der Waals surface area (Å²) in [7, 11) is 1.48. The molecule has 0 spiro atoms. The van der Waals surface area contributed by atoms with E-state index in [-0.39, 0.29) is 17.8 Å². The van der Waals surface area contributed by atoms with Crippen LogP contribution in [0.5, 0.6) is 11.6 Å². The smallest absolute Gasteiger partial charge is 0.292 e. The number of hydrogen-bond acceptors (Lipinski definition) is 7. The lowest BCUT2D eigenvalue weighted by Crippen LogP contribution is -2.31. The molecule has 4 heterocycles. The van der Waals surface area contributed by atoms with Crippen molar-refractivity contribution in [2.45, 2.75) is 25.4 Å². The van der Waals surface area contributed by atoms with Crippen molar-refractivity contribution in [2.75, 3.05) is 38.2 Å². The van der Waals surface area contributed by atoms with Gasteiger partial charge in [-0.3, -0.25) is 4.79 Å². The normalized spacial score (nSPS) is 19.8. The van der Waals surface area contributed by atoms with Gasteiger partial charge in [0.15, 0.2) is 11.6 Å². The molecule has 2 aromatic heterocycles. The molecule has 8 heteroatoms. The lowest BCUT2D eigenvalue weighted by atomic mass is 10.3. The Hall–Kier alpha value is -2.77. The van der Waals surface area contributed by atoms with E-state index >= 15 is 0 Å². The molecule has 2 aliphatic rings. The highest BCUT2D eigenvalue weighted by Crippen LogP contribution is 2.30. The van der Waals surface area contributed by atoms with Gasteiger partial charge >= 0.3 is 0 Å². The molecular weight excluding hydrogens is 336 g/mol. The molecule has 0 bridgehead atoms. The van der Waals surface area contributed by atoms with Crippen LogP contribution in [0.25, 0.3) is 0 Å². The number of methoxy groups -OCH3 is 1. The Labute approximate surface area is 151 Å². The molecule has 0 radical (unpaired) electrons. The van der Waals surface area contributed by atoms with Crippen molar-refractivity contribution in [3.8, 4) is 11.6 Å². The number of likely N-dealkylation sites (tertiary alicyclic amines) is 1. The summed E-state index contributed by atoms with van der Waals surface area (Å²) in [6.45, 7) is 3.15. The molecule has 0 aliphatic carbocycles. The second-order valence-electron chi connectivity index (χ2n) is 6.53. The number of rotatable bonds is 5. The van der Waals surface area contributed by atoms with Crippen LogP contribution < -0.4 is 14.4 Å². The van der Waals surface area contributed by atoms with Gasteiger partial charge in [-0.2, -0.15) is 0 Å². The van der Waals surface area contributed by atoms with Crippen molar-refractivity contribution < 1.29 is 18.8 Å². The molecule has 4 rings (SSSR count). The van der Waals surface area contributed by atoms with Gasteiger partial charge in [-0.25, -0.2) is 4.98 Å². The molecule has 0 unspecified atom stereocenters. The fourth-order valence-corrected chi connectivity index (χ4v) is 3.44. The summed E-state index contributed by atoms with van der Waals surface area (Å²) >= 11 is 0. The quantitative estimate of drug-likeness (QED) is 0.808. The van der Waals surface area contributed by atoms with Crippen LogP contribution in [0, 0.1) is 0 Å². The highest BCUT2D eigenvalue weighted by atomic mass is 16.5. The minimum Gasteiger partial charge on any atom is -0.485 e. The second-order valence-corrected chi connectivity index (χ2v) is 6.53. The zero-order valence-corrected chi connectivity index (χ0v) is 14.8. The molecule has 0 aromatic carbocycles. The van der Waals surface area contributed by atoms with Gasteiger partial charge in [0.25, 0.3) is 11.8 Å². The van der Waals surface area contributed by atoms with Crippen LogP contribution in [0.1, 0.15) is 29.8 Å². The monoisotopic (exact) mass is 358 g/mol. The molecule has 138 valence electrons. The van der Waals surface area contributed by atoms with Crippen LogP contribution in [0.15, 0.2) is 28.9 Å². The van der Waals surface area contributed by atoms with Gasteiger partial charge in [0.1, 0.15) is 6.10 Å². The third kappa shape index (κ3) is 3.31. The Bertz CT molecular complexity index is 772. The summed E-state index contributed by atoms with van der Waals surface area (Å²) in [4.78, 5) is 21.0. The number of hydrogen-bond donors (Lipinski definition) is 0. The molecule has 2 fully saturated rings. The summed E-state index contributed by atoms with van der Waals surface area (Å²) in [5, 5.41) is 3.68. The van der Waals surface area contributed by atoms with E-state index in [4.69, 9.17) is 14.0 Å². The first-order valence-corrected chi connectivity index (χ1v) is 8.91. The Kier molecular flexibility index (Phi) is 4.64. The summed E-state index contributed by atoms with van der Waals surface area (Å²) in [6, 6.07) is 5.34. The maximum atomic E-state index is 12.5. The Morgan fingerprint density at radius 3 is 2.92 bits per heavy atom. The predicted molar refractivity (Wildman–Crippen MR) is 93.7 cm³/mol. The van der Waals surface area contributed by atoms with E-state index in [2.05, 4.69) is 15.0 Å². The van der Waals surface area contributed by atoms with Crippen LogP contribution >= 0.6 is 0 Å². The van der Waals surface area contributed by atoms with Gasteiger partial charge in [0.05, 0.1) is 19.7 Å². The molecule has 26 heavy (non-hydrogen) atoms. The maximum Gasteiger partial charge on any atom is 0.292 e. The van der Waals surface area contributed by atoms with Crippen molar-refractivity contribution in [3.63, 3.8) is 0 Å². The fourth-order valence-electron chi connectivity index (χ4n) is 3.44. The van der Waals surface area contributed by atoms with Crippen molar-refractivity contribution in [1.82, 2.24) is 15.0 Å². The summed E-state index contributed by atoms with van der Waals surface area (Å²) in [5.74, 6) is 1.97. The second kappa shape index (κ2) is 7.23. The standard InChI is InChI=1S/C18H22N4O4/c1-24-16-11-15(26-20-16)18(23)22-10-6-13(12-22)25-14-5-4-7-19-17(14)21-8-2-3-9-21/h4-5,7,11,13H,2-3,6,8-10,12H2,1H3/t13-/m0/s1. The van der Waals surface area contributed by atoms with Gasteiger partial charge in [-0.05, 0) is 30.1 Å². The summed E-state index contributed by atoms with van der Waals surface area (Å²) in [6.07, 6.45) is 4.87. The zero-order valence-electron chi connectivity index (χ0n) is 14.8. The summed E-state index contributed by atoms with van der Waals surface area (Å²) in [5.41, 5.74) is 0. The number of ether oxygens (including phenoxy) is 2.